The Morgan fingerprint density at radius 1 is 1.26 bits per heavy atom. The second-order valence-corrected chi connectivity index (χ2v) is 12.3. The Labute approximate surface area is 139 Å². The largest absolute Gasteiger partial charge is 0.406 e. The van der Waals surface area contributed by atoms with E-state index in [0.717, 1.165) is 11.1 Å². The van der Waals surface area contributed by atoms with E-state index in [4.69, 9.17) is 4.43 Å². The summed E-state index contributed by atoms with van der Waals surface area (Å²) in [7, 11) is -2.20. The van der Waals surface area contributed by atoms with Gasteiger partial charge in [-0.05, 0) is 30.6 Å². The predicted molar refractivity (Wildman–Crippen MR) is 93.9 cm³/mol. The molecule has 0 N–H and O–H groups in total. The van der Waals surface area contributed by atoms with E-state index in [0.29, 0.717) is 6.29 Å². The first kappa shape index (κ1) is 19.5. The summed E-state index contributed by atoms with van der Waals surface area (Å²) in [5.74, 6) is -0.572. The third-order valence-electron chi connectivity index (χ3n) is 4.62. The molecule has 5 nitrogen and oxygen atoms in total. The Hall–Kier alpha value is -1.53. The molecule has 0 fully saturated rings. The van der Waals surface area contributed by atoms with Crippen molar-refractivity contribution in [3.05, 3.63) is 45.5 Å². The van der Waals surface area contributed by atoms with Gasteiger partial charge in [0.15, 0.2) is 8.32 Å². The maximum absolute atomic E-state index is 11.6. The fraction of sp³-hybridized carbons (Fsp3) is 0.588. The minimum absolute atomic E-state index is 0.0687. The van der Waals surface area contributed by atoms with Gasteiger partial charge in [0.1, 0.15) is 12.4 Å². The van der Waals surface area contributed by atoms with Crippen molar-refractivity contribution in [3.8, 4) is 0 Å². The van der Waals surface area contributed by atoms with Gasteiger partial charge in [-0.2, -0.15) is 0 Å². The van der Waals surface area contributed by atoms with Crippen LogP contribution < -0.4 is 0 Å². The summed E-state index contributed by atoms with van der Waals surface area (Å²) in [4.78, 5) is 22.3. The SMILES string of the molecule is Cc1ccc([C@@H](C[N+](=O)[O-])[C@@H](C=O)O[Si](C)(C)C(C)(C)C)cc1. The van der Waals surface area contributed by atoms with E-state index in [1.165, 1.54) is 0 Å². The summed E-state index contributed by atoms with van der Waals surface area (Å²) in [5.41, 5.74) is 1.84. The van der Waals surface area contributed by atoms with Gasteiger partial charge in [-0.3, -0.25) is 10.1 Å². The highest BCUT2D eigenvalue weighted by Crippen LogP contribution is 2.38. The van der Waals surface area contributed by atoms with Crippen LogP contribution in [0.15, 0.2) is 24.3 Å². The van der Waals surface area contributed by atoms with E-state index in [1.54, 1.807) is 0 Å². The molecule has 2 atom stereocenters. The fourth-order valence-electron chi connectivity index (χ4n) is 2.09. The number of aldehydes is 1. The van der Waals surface area contributed by atoms with Crippen molar-refractivity contribution in [2.24, 2.45) is 0 Å². The van der Waals surface area contributed by atoms with Crippen LogP contribution in [0.25, 0.3) is 0 Å². The van der Waals surface area contributed by atoms with Crippen LogP contribution >= 0.6 is 0 Å². The molecule has 0 aliphatic carbocycles. The smallest absolute Gasteiger partial charge is 0.213 e. The first-order valence-electron chi connectivity index (χ1n) is 7.79. The van der Waals surface area contributed by atoms with E-state index in [2.05, 4.69) is 20.8 Å². The van der Waals surface area contributed by atoms with Crippen LogP contribution in [0.3, 0.4) is 0 Å². The predicted octanol–water partition coefficient (Wildman–Crippen LogP) is 3.94. The van der Waals surface area contributed by atoms with Crippen LogP contribution in [-0.2, 0) is 9.22 Å². The zero-order valence-electron chi connectivity index (χ0n) is 14.8. The van der Waals surface area contributed by atoms with Crippen molar-refractivity contribution in [3.63, 3.8) is 0 Å². The lowest BCUT2D eigenvalue weighted by Crippen LogP contribution is -2.46. The second kappa shape index (κ2) is 7.36. The van der Waals surface area contributed by atoms with Crippen molar-refractivity contribution in [2.45, 2.75) is 57.8 Å². The highest BCUT2D eigenvalue weighted by Gasteiger charge is 2.42. The molecule has 1 aromatic carbocycles. The molecule has 0 saturated carbocycles. The van der Waals surface area contributed by atoms with Gasteiger partial charge in [-0.1, -0.05) is 50.6 Å². The summed E-state index contributed by atoms with van der Waals surface area (Å²) >= 11 is 0. The van der Waals surface area contributed by atoms with Gasteiger partial charge >= 0.3 is 0 Å². The molecule has 0 aliphatic rings. The summed E-state index contributed by atoms with van der Waals surface area (Å²) in [6.45, 7) is 12.0. The zero-order valence-corrected chi connectivity index (χ0v) is 15.8. The number of carbonyl (C=O) groups excluding carboxylic acids is 1. The van der Waals surface area contributed by atoms with Gasteiger partial charge in [0.2, 0.25) is 6.54 Å². The normalized spacial score (nSPS) is 15.0. The number of carbonyl (C=O) groups is 1. The molecule has 0 bridgehead atoms. The average Bonchev–Trinajstić information content (AvgIpc) is 2.42. The van der Waals surface area contributed by atoms with E-state index in [-0.39, 0.29) is 16.5 Å². The van der Waals surface area contributed by atoms with Crippen LogP contribution in [-0.4, -0.2) is 32.2 Å². The van der Waals surface area contributed by atoms with Gasteiger partial charge in [0.05, 0.1) is 5.92 Å². The van der Waals surface area contributed by atoms with E-state index in [9.17, 15) is 14.9 Å². The summed E-state index contributed by atoms with van der Waals surface area (Å²) in [6, 6.07) is 7.48. The third-order valence-corrected chi connectivity index (χ3v) is 9.09. The van der Waals surface area contributed by atoms with Crippen LogP contribution in [0, 0.1) is 17.0 Å². The Morgan fingerprint density at radius 2 is 1.78 bits per heavy atom. The average molecular weight is 337 g/mol. The highest BCUT2D eigenvalue weighted by molar-refractivity contribution is 6.74. The molecule has 6 heteroatoms. The molecule has 128 valence electrons. The maximum atomic E-state index is 11.6. The van der Waals surface area contributed by atoms with Crippen molar-refractivity contribution >= 4 is 14.6 Å². The zero-order chi connectivity index (χ0) is 17.8. The Kier molecular flexibility index (Phi) is 6.24. The Balaban J connectivity index is 3.14. The Bertz CT molecular complexity index is 549. The lowest BCUT2D eigenvalue weighted by molar-refractivity contribution is -0.484. The molecule has 0 saturated heterocycles. The van der Waals surface area contributed by atoms with Crippen LogP contribution in [0.4, 0.5) is 0 Å². The number of benzene rings is 1. The van der Waals surface area contributed by atoms with Gasteiger partial charge in [0, 0.05) is 4.92 Å². The topological polar surface area (TPSA) is 69.4 Å². The number of aryl methyl sites for hydroxylation is 1. The van der Waals surface area contributed by atoms with Gasteiger partial charge in [-0.15, -0.1) is 0 Å². The number of nitro groups is 1. The molecule has 0 amide bonds. The first-order chi connectivity index (χ1) is 10.5. The van der Waals surface area contributed by atoms with Crippen molar-refractivity contribution < 1.29 is 14.1 Å². The molecule has 0 aliphatic heterocycles. The van der Waals surface area contributed by atoms with E-state index in [1.807, 2.05) is 44.3 Å². The fourth-order valence-corrected chi connectivity index (χ4v) is 3.35. The standard InChI is InChI=1S/C17H27NO4Si/c1-13-7-9-14(10-8-13)15(11-18(20)21)16(12-19)22-23(5,6)17(2,3)4/h7-10,12,15-16H,11H2,1-6H3/t15-,16-/m1/s1. The monoisotopic (exact) mass is 337 g/mol. The molecule has 0 radical (unpaired) electrons. The lowest BCUT2D eigenvalue weighted by Gasteiger charge is -2.39. The third kappa shape index (κ3) is 5.25. The second-order valence-electron chi connectivity index (χ2n) is 7.51. The Morgan fingerprint density at radius 3 is 2.17 bits per heavy atom. The molecular formula is C17H27NO4Si. The lowest BCUT2D eigenvalue weighted by atomic mass is 9.93. The molecule has 1 rings (SSSR count). The van der Waals surface area contributed by atoms with Crippen molar-refractivity contribution in [2.75, 3.05) is 6.54 Å². The molecule has 0 heterocycles. The first-order valence-corrected chi connectivity index (χ1v) is 10.7. The van der Waals surface area contributed by atoms with E-state index < -0.39 is 20.3 Å². The highest BCUT2D eigenvalue weighted by atomic mass is 28.4. The maximum Gasteiger partial charge on any atom is 0.213 e. The summed E-state index contributed by atoms with van der Waals surface area (Å²) < 4.78 is 6.17. The van der Waals surface area contributed by atoms with Gasteiger partial charge in [-0.25, -0.2) is 0 Å². The molecule has 23 heavy (non-hydrogen) atoms. The molecule has 1 aromatic rings. The molecular weight excluding hydrogens is 310 g/mol. The van der Waals surface area contributed by atoms with Crippen molar-refractivity contribution in [1.82, 2.24) is 0 Å². The molecule has 0 unspecified atom stereocenters. The number of hydrogen-bond donors (Lipinski definition) is 0. The quantitative estimate of drug-likeness (QED) is 0.327. The van der Waals surface area contributed by atoms with Gasteiger partial charge in [0.25, 0.3) is 0 Å². The summed E-state index contributed by atoms with van der Waals surface area (Å²) in [6.07, 6.45) is -0.0851. The number of nitrogens with zero attached hydrogens (tertiary/aromatic N) is 1. The summed E-state index contributed by atoms with van der Waals surface area (Å²) in [5, 5.41) is 11.0. The van der Waals surface area contributed by atoms with Crippen LogP contribution in [0.1, 0.15) is 37.8 Å². The minimum atomic E-state index is -2.20. The minimum Gasteiger partial charge on any atom is -0.406 e. The van der Waals surface area contributed by atoms with Crippen molar-refractivity contribution in [1.29, 1.82) is 0 Å². The van der Waals surface area contributed by atoms with E-state index >= 15 is 0 Å². The number of rotatable bonds is 7. The molecule has 0 spiro atoms. The van der Waals surface area contributed by atoms with Crippen LogP contribution in [0.2, 0.25) is 18.1 Å². The van der Waals surface area contributed by atoms with Crippen LogP contribution in [0.5, 0.6) is 0 Å². The number of hydrogen-bond acceptors (Lipinski definition) is 4. The molecule has 0 aromatic heterocycles. The van der Waals surface area contributed by atoms with Gasteiger partial charge < -0.3 is 9.22 Å².